The van der Waals surface area contributed by atoms with Crippen LogP contribution >= 0.6 is 0 Å². The Bertz CT molecular complexity index is 890. The van der Waals surface area contributed by atoms with Gasteiger partial charge in [-0.1, -0.05) is 97.6 Å². The molecule has 4 aliphatic carbocycles. The maximum atomic E-state index is 14.4. The van der Waals surface area contributed by atoms with Crippen molar-refractivity contribution in [3.63, 3.8) is 0 Å². The Morgan fingerprint density at radius 3 is 2.22 bits per heavy atom. The molecule has 37 heavy (non-hydrogen) atoms. The number of fused-ring (bicyclic) bond motifs is 3. The van der Waals surface area contributed by atoms with Crippen LogP contribution in [0.1, 0.15) is 105 Å². The summed E-state index contributed by atoms with van der Waals surface area (Å²) in [5, 5.41) is 34.3. The molecule has 5 nitrogen and oxygen atoms in total. The van der Waals surface area contributed by atoms with Gasteiger partial charge in [-0.15, -0.1) is 0 Å². The molecule has 3 N–H and O–H groups in total. The number of hydrogen-bond donors (Lipinski definition) is 3. The Kier molecular flexibility index (Phi) is 8.80. The van der Waals surface area contributed by atoms with Crippen LogP contribution in [0.4, 0.5) is 0 Å². The van der Waals surface area contributed by atoms with E-state index in [0.29, 0.717) is 18.1 Å². The third-order valence-electron chi connectivity index (χ3n) is 10.7. The number of unbranched alkanes of at least 4 members (excludes halogenated alkanes) is 9. The van der Waals surface area contributed by atoms with E-state index in [1.807, 2.05) is 13.0 Å². The summed E-state index contributed by atoms with van der Waals surface area (Å²) in [6, 6.07) is 0. The fraction of sp³-hybridized carbons (Fsp3) is 0.844. The van der Waals surface area contributed by atoms with Crippen LogP contribution in [-0.2, 0) is 9.53 Å². The van der Waals surface area contributed by atoms with Crippen LogP contribution in [0.5, 0.6) is 0 Å². The van der Waals surface area contributed by atoms with Crippen molar-refractivity contribution in [2.24, 2.45) is 34.5 Å². The highest BCUT2D eigenvalue weighted by molar-refractivity contribution is 5.95. The van der Waals surface area contributed by atoms with Gasteiger partial charge in [-0.05, 0) is 54.1 Å². The fourth-order valence-corrected chi connectivity index (χ4v) is 8.46. The Labute approximate surface area is 224 Å². The number of allylic oxidation sites excluding steroid dienone is 1. The van der Waals surface area contributed by atoms with Gasteiger partial charge in [0.25, 0.3) is 0 Å². The maximum Gasteiger partial charge on any atom is 0.153 e. The Morgan fingerprint density at radius 2 is 1.62 bits per heavy atom. The lowest BCUT2D eigenvalue weighted by Crippen LogP contribution is -2.65. The molecule has 8 atom stereocenters. The van der Waals surface area contributed by atoms with Crippen LogP contribution in [0.25, 0.3) is 0 Å². The molecular weight excluding hydrogens is 464 g/mol. The van der Waals surface area contributed by atoms with Crippen LogP contribution in [-0.4, -0.2) is 52.1 Å². The van der Waals surface area contributed by atoms with Gasteiger partial charge in [0.05, 0.1) is 12.0 Å². The largest absolute Gasteiger partial charge is 0.392 e. The standard InChI is InChI=1S/C32H52O5/c1-6-7-8-9-10-11-12-13-14-15-16-37-29-21(2)19-31-22(3)17-25-26(30(25,4)5)24(28(31)35)18-23(20-33)27(34)32(29,31)36/h18-19,22,24-27,29,33-34,36H,6-17,20H2,1-5H3. The van der Waals surface area contributed by atoms with Crippen LogP contribution < -0.4 is 0 Å². The lowest BCUT2D eigenvalue weighted by atomic mass is 9.59. The molecule has 210 valence electrons. The zero-order valence-corrected chi connectivity index (χ0v) is 24.0. The van der Waals surface area contributed by atoms with E-state index < -0.39 is 29.1 Å². The summed E-state index contributed by atoms with van der Waals surface area (Å²) in [6.45, 7) is 10.8. The third kappa shape index (κ3) is 4.70. The number of rotatable bonds is 13. The first kappa shape index (κ1) is 29.0. The number of hydrogen-bond acceptors (Lipinski definition) is 5. The molecule has 2 fully saturated rings. The Balaban J connectivity index is 1.44. The first-order chi connectivity index (χ1) is 17.6. The van der Waals surface area contributed by atoms with Crippen molar-refractivity contribution in [1.29, 1.82) is 0 Å². The van der Waals surface area contributed by atoms with Gasteiger partial charge in [0.1, 0.15) is 17.8 Å². The second-order valence-electron chi connectivity index (χ2n) is 13.3. The van der Waals surface area contributed by atoms with Crippen LogP contribution in [0.3, 0.4) is 0 Å². The number of carbonyl (C=O) groups excluding carboxylic acids is 1. The van der Waals surface area contributed by atoms with E-state index in [1.165, 1.54) is 51.4 Å². The molecule has 2 bridgehead atoms. The zero-order chi connectivity index (χ0) is 27.0. The van der Waals surface area contributed by atoms with Crippen molar-refractivity contribution in [3.8, 4) is 0 Å². The summed E-state index contributed by atoms with van der Waals surface area (Å²) in [5.41, 5.74) is -1.80. The highest BCUT2D eigenvalue weighted by Crippen LogP contribution is 2.71. The predicted molar refractivity (Wildman–Crippen MR) is 147 cm³/mol. The highest BCUT2D eigenvalue weighted by Gasteiger charge is 2.75. The first-order valence-electron chi connectivity index (χ1n) is 15.2. The van der Waals surface area contributed by atoms with Crippen molar-refractivity contribution >= 4 is 5.78 Å². The molecule has 0 aromatic carbocycles. The van der Waals surface area contributed by atoms with Crippen molar-refractivity contribution in [1.82, 2.24) is 0 Å². The molecule has 0 amide bonds. The van der Waals surface area contributed by atoms with Crippen LogP contribution in [0.15, 0.2) is 23.3 Å². The van der Waals surface area contributed by atoms with Crippen molar-refractivity contribution < 1.29 is 24.9 Å². The molecule has 0 heterocycles. The van der Waals surface area contributed by atoms with E-state index in [2.05, 4.69) is 27.7 Å². The van der Waals surface area contributed by atoms with Gasteiger partial charge >= 0.3 is 0 Å². The molecule has 0 aromatic rings. The lowest BCUT2D eigenvalue weighted by molar-refractivity contribution is -0.199. The van der Waals surface area contributed by atoms with Gasteiger partial charge in [-0.3, -0.25) is 4.79 Å². The first-order valence-corrected chi connectivity index (χ1v) is 15.2. The van der Waals surface area contributed by atoms with Crippen molar-refractivity contribution in [2.75, 3.05) is 13.2 Å². The molecule has 4 rings (SSSR count). The van der Waals surface area contributed by atoms with E-state index >= 15 is 0 Å². The Morgan fingerprint density at radius 1 is 1.03 bits per heavy atom. The van der Waals surface area contributed by atoms with E-state index in [1.54, 1.807) is 6.08 Å². The monoisotopic (exact) mass is 516 g/mol. The number of ether oxygens (including phenoxy) is 1. The number of aliphatic hydroxyl groups excluding tert-OH is 2. The summed E-state index contributed by atoms with van der Waals surface area (Å²) in [5.74, 6) is 0.0318. The molecular formula is C32H52O5. The minimum Gasteiger partial charge on any atom is -0.392 e. The SMILES string of the molecule is CCCCCCCCCCCCOC1C(C)=CC23C(=O)C(C=C(CO)C(O)C12O)C1C(CC3C)C1(C)C. The second kappa shape index (κ2) is 11.2. The highest BCUT2D eigenvalue weighted by atomic mass is 16.5. The summed E-state index contributed by atoms with van der Waals surface area (Å²) in [4.78, 5) is 14.4. The normalized spacial score (nSPS) is 39.8. The average Bonchev–Trinajstić information content (AvgIpc) is 3.34. The van der Waals surface area contributed by atoms with Crippen LogP contribution in [0.2, 0.25) is 0 Å². The summed E-state index contributed by atoms with van der Waals surface area (Å²) in [6.07, 6.45) is 14.8. The topological polar surface area (TPSA) is 87.0 Å². The zero-order valence-electron chi connectivity index (χ0n) is 24.0. The van der Waals surface area contributed by atoms with Crippen molar-refractivity contribution in [3.05, 3.63) is 23.3 Å². The molecule has 0 radical (unpaired) electrons. The number of carbonyl (C=O) groups is 1. The molecule has 2 saturated carbocycles. The van der Waals surface area contributed by atoms with Crippen LogP contribution in [0, 0.1) is 34.5 Å². The number of aliphatic hydroxyl groups is 3. The van der Waals surface area contributed by atoms with Gasteiger partial charge in [0.2, 0.25) is 0 Å². The lowest BCUT2D eigenvalue weighted by Gasteiger charge is -2.49. The summed E-state index contributed by atoms with van der Waals surface area (Å²) in [7, 11) is 0. The maximum absolute atomic E-state index is 14.4. The minimum atomic E-state index is -1.81. The van der Waals surface area contributed by atoms with Gasteiger partial charge in [0.15, 0.2) is 5.78 Å². The average molecular weight is 517 g/mol. The summed E-state index contributed by atoms with van der Waals surface area (Å²) >= 11 is 0. The Hall–Kier alpha value is -1.01. The van der Waals surface area contributed by atoms with Gasteiger partial charge in [-0.25, -0.2) is 0 Å². The minimum absolute atomic E-state index is 0.00698. The summed E-state index contributed by atoms with van der Waals surface area (Å²) < 4.78 is 6.34. The van der Waals surface area contributed by atoms with Gasteiger partial charge < -0.3 is 20.1 Å². The van der Waals surface area contributed by atoms with E-state index in [-0.39, 0.29) is 29.6 Å². The quantitative estimate of drug-likeness (QED) is 0.214. The second-order valence-corrected chi connectivity index (χ2v) is 13.3. The smallest absolute Gasteiger partial charge is 0.153 e. The van der Waals surface area contributed by atoms with Gasteiger partial charge in [0, 0.05) is 12.5 Å². The van der Waals surface area contributed by atoms with E-state index in [4.69, 9.17) is 4.74 Å². The molecule has 1 spiro atoms. The molecule has 0 saturated heterocycles. The molecule has 5 heteroatoms. The molecule has 0 aliphatic heterocycles. The van der Waals surface area contributed by atoms with E-state index in [0.717, 1.165) is 24.8 Å². The fourth-order valence-electron chi connectivity index (χ4n) is 8.46. The predicted octanol–water partition coefficient (Wildman–Crippen LogP) is 5.76. The number of Topliss-reactive ketones (excluding diaryl/α,β-unsaturated/α-hetero) is 1. The van der Waals surface area contributed by atoms with E-state index in [9.17, 15) is 20.1 Å². The third-order valence-corrected chi connectivity index (χ3v) is 10.7. The molecule has 0 aromatic heterocycles. The molecule has 4 aliphatic rings. The number of ketones is 1. The van der Waals surface area contributed by atoms with Gasteiger partial charge in [-0.2, -0.15) is 0 Å². The van der Waals surface area contributed by atoms with Crippen molar-refractivity contribution in [2.45, 2.75) is 123 Å². The molecule has 8 unspecified atom stereocenters.